The Hall–Kier alpha value is -1.65. The molecule has 0 radical (unpaired) electrons. The van der Waals surface area contributed by atoms with Crippen LogP contribution in [0.4, 0.5) is 8.78 Å². The van der Waals surface area contributed by atoms with Gasteiger partial charge in [0.1, 0.15) is 11.6 Å². The molecule has 0 amide bonds. The van der Waals surface area contributed by atoms with Gasteiger partial charge in [-0.1, -0.05) is 6.07 Å². The van der Waals surface area contributed by atoms with Crippen LogP contribution in [0.15, 0.2) is 23.2 Å². The van der Waals surface area contributed by atoms with Crippen molar-refractivity contribution >= 4 is 5.96 Å². The number of benzene rings is 1. The molecule has 1 aliphatic rings. The summed E-state index contributed by atoms with van der Waals surface area (Å²) in [5, 5.41) is 2.78. The van der Waals surface area contributed by atoms with E-state index in [0.717, 1.165) is 0 Å². The van der Waals surface area contributed by atoms with Crippen LogP contribution in [0.5, 0.6) is 0 Å². The van der Waals surface area contributed by atoms with Crippen molar-refractivity contribution in [3.8, 4) is 0 Å². The Labute approximate surface area is 86.0 Å². The second-order valence-corrected chi connectivity index (χ2v) is 3.44. The monoisotopic (exact) mass is 211 g/mol. The Morgan fingerprint density at radius 3 is 2.53 bits per heavy atom. The minimum Gasteiger partial charge on any atom is -0.370 e. The van der Waals surface area contributed by atoms with Crippen molar-refractivity contribution in [2.75, 3.05) is 13.1 Å². The largest absolute Gasteiger partial charge is 0.370 e. The third-order valence-electron chi connectivity index (χ3n) is 2.42. The van der Waals surface area contributed by atoms with Crippen molar-refractivity contribution in [1.29, 1.82) is 0 Å². The van der Waals surface area contributed by atoms with Gasteiger partial charge in [-0.25, -0.2) is 8.78 Å². The maximum absolute atomic E-state index is 13.4. The molecule has 3 N–H and O–H groups in total. The highest BCUT2D eigenvalue weighted by Gasteiger charge is 2.22. The van der Waals surface area contributed by atoms with Gasteiger partial charge in [0.2, 0.25) is 0 Å². The van der Waals surface area contributed by atoms with Crippen LogP contribution in [0, 0.1) is 11.6 Å². The van der Waals surface area contributed by atoms with Crippen molar-refractivity contribution < 1.29 is 8.78 Å². The summed E-state index contributed by atoms with van der Waals surface area (Å²) in [6, 6.07) is 3.85. The van der Waals surface area contributed by atoms with Crippen LogP contribution in [0.3, 0.4) is 0 Å². The fourth-order valence-corrected chi connectivity index (χ4v) is 1.65. The summed E-state index contributed by atoms with van der Waals surface area (Å²) in [5.74, 6) is -1.03. The average molecular weight is 211 g/mol. The van der Waals surface area contributed by atoms with Gasteiger partial charge in [0.15, 0.2) is 5.96 Å². The molecule has 0 spiro atoms. The normalized spacial score (nSPS) is 20.7. The van der Waals surface area contributed by atoms with Crippen molar-refractivity contribution in [2.45, 2.75) is 5.92 Å². The second kappa shape index (κ2) is 3.84. The van der Waals surface area contributed by atoms with Crippen LogP contribution >= 0.6 is 0 Å². The van der Waals surface area contributed by atoms with E-state index in [9.17, 15) is 8.78 Å². The number of hydrogen-bond acceptors (Lipinski definition) is 3. The summed E-state index contributed by atoms with van der Waals surface area (Å²) >= 11 is 0. The predicted octanol–water partition coefficient (Wildman–Crippen LogP) is 0.966. The Balaban J connectivity index is 2.30. The second-order valence-electron chi connectivity index (χ2n) is 3.44. The van der Waals surface area contributed by atoms with Crippen LogP contribution in [0.25, 0.3) is 0 Å². The predicted molar refractivity (Wildman–Crippen MR) is 53.6 cm³/mol. The molecule has 0 bridgehead atoms. The smallest absolute Gasteiger partial charge is 0.188 e. The number of halogens is 2. The molecule has 5 heteroatoms. The standard InChI is InChI=1S/C10H11F2N3/c11-7-2-1-3-8(12)9(7)6-4-14-10(13)15-5-6/h1-3,6H,4-5H2,(H3,13,14,15). The summed E-state index contributed by atoms with van der Waals surface area (Å²) < 4.78 is 26.8. The van der Waals surface area contributed by atoms with E-state index in [1.807, 2.05) is 0 Å². The molecule has 2 rings (SSSR count). The van der Waals surface area contributed by atoms with E-state index >= 15 is 0 Å². The maximum atomic E-state index is 13.4. The molecule has 0 aliphatic carbocycles. The molecule has 3 nitrogen and oxygen atoms in total. The van der Waals surface area contributed by atoms with Crippen molar-refractivity contribution in [1.82, 2.24) is 5.32 Å². The molecule has 1 atom stereocenters. The Kier molecular flexibility index (Phi) is 2.53. The van der Waals surface area contributed by atoms with E-state index < -0.39 is 11.6 Å². The van der Waals surface area contributed by atoms with Crippen LogP contribution in [-0.2, 0) is 0 Å². The van der Waals surface area contributed by atoms with Gasteiger partial charge in [-0.3, -0.25) is 4.99 Å². The molecular formula is C10H11F2N3. The van der Waals surface area contributed by atoms with Gasteiger partial charge in [-0.05, 0) is 12.1 Å². The topological polar surface area (TPSA) is 50.4 Å². The first-order valence-electron chi connectivity index (χ1n) is 4.66. The minimum absolute atomic E-state index is 0.0845. The minimum atomic E-state index is -0.530. The fourth-order valence-electron chi connectivity index (χ4n) is 1.65. The van der Waals surface area contributed by atoms with E-state index in [2.05, 4.69) is 10.3 Å². The van der Waals surface area contributed by atoms with Crippen molar-refractivity contribution in [2.24, 2.45) is 10.7 Å². The number of aliphatic imine (C=N–C) groups is 1. The summed E-state index contributed by atoms with van der Waals surface area (Å²) in [6.07, 6.45) is 0. The lowest BCUT2D eigenvalue weighted by atomic mass is 9.97. The molecule has 1 aromatic rings. The first kappa shape index (κ1) is 9.89. The molecule has 0 fully saturated rings. The van der Waals surface area contributed by atoms with Gasteiger partial charge in [0.25, 0.3) is 0 Å². The zero-order valence-corrected chi connectivity index (χ0v) is 8.00. The van der Waals surface area contributed by atoms with E-state index in [4.69, 9.17) is 5.73 Å². The quantitative estimate of drug-likeness (QED) is 0.727. The maximum Gasteiger partial charge on any atom is 0.188 e. The molecule has 1 aliphatic heterocycles. The fraction of sp³-hybridized carbons (Fsp3) is 0.300. The number of nitrogens with zero attached hydrogens (tertiary/aromatic N) is 1. The van der Waals surface area contributed by atoms with Gasteiger partial charge in [-0.15, -0.1) is 0 Å². The summed E-state index contributed by atoms with van der Waals surface area (Å²) in [5.41, 5.74) is 5.49. The molecule has 1 heterocycles. The van der Waals surface area contributed by atoms with E-state index in [1.54, 1.807) is 0 Å². The molecule has 15 heavy (non-hydrogen) atoms. The third-order valence-corrected chi connectivity index (χ3v) is 2.42. The zero-order chi connectivity index (χ0) is 10.8. The highest BCUT2D eigenvalue weighted by atomic mass is 19.1. The first-order chi connectivity index (χ1) is 7.18. The van der Waals surface area contributed by atoms with Gasteiger partial charge < -0.3 is 11.1 Å². The molecular weight excluding hydrogens is 200 g/mol. The number of nitrogens with two attached hydrogens (primary N) is 1. The van der Waals surface area contributed by atoms with Crippen LogP contribution in [-0.4, -0.2) is 19.0 Å². The number of nitrogens with one attached hydrogen (secondary N) is 1. The first-order valence-corrected chi connectivity index (χ1v) is 4.66. The van der Waals surface area contributed by atoms with Gasteiger partial charge >= 0.3 is 0 Å². The Morgan fingerprint density at radius 1 is 1.33 bits per heavy atom. The van der Waals surface area contributed by atoms with Gasteiger partial charge in [-0.2, -0.15) is 0 Å². The third kappa shape index (κ3) is 1.91. The van der Waals surface area contributed by atoms with Gasteiger partial charge in [0, 0.05) is 18.0 Å². The summed E-state index contributed by atoms with van der Waals surface area (Å²) in [6.45, 7) is 0.726. The summed E-state index contributed by atoms with van der Waals surface area (Å²) in [4.78, 5) is 3.92. The van der Waals surface area contributed by atoms with Crippen molar-refractivity contribution in [3.05, 3.63) is 35.4 Å². The Bertz CT molecular complexity index is 383. The molecule has 1 aromatic carbocycles. The molecule has 0 saturated heterocycles. The highest BCUT2D eigenvalue weighted by molar-refractivity contribution is 5.78. The SMILES string of the molecule is NC1=NCC(c2c(F)cccc2F)CN1. The van der Waals surface area contributed by atoms with E-state index in [1.165, 1.54) is 18.2 Å². The number of rotatable bonds is 1. The van der Waals surface area contributed by atoms with E-state index in [-0.39, 0.29) is 11.5 Å². The van der Waals surface area contributed by atoms with Crippen LogP contribution < -0.4 is 11.1 Å². The summed E-state index contributed by atoms with van der Waals surface area (Å²) in [7, 11) is 0. The van der Waals surface area contributed by atoms with Crippen LogP contribution in [0.1, 0.15) is 11.5 Å². The van der Waals surface area contributed by atoms with Crippen LogP contribution in [0.2, 0.25) is 0 Å². The van der Waals surface area contributed by atoms with E-state index in [0.29, 0.717) is 19.0 Å². The molecule has 80 valence electrons. The molecule has 0 saturated carbocycles. The lowest BCUT2D eigenvalue weighted by molar-refractivity contribution is 0.511. The highest BCUT2D eigenvalue weighted by Crippen LogP contribution is 2.23. The lowest BCUT2D eigenvalue weighted by Crippen LogP contribution is -2.40. The lowest BCUT2D eigenvalue weighted by Gasteiger charge is -2.22. The zero-order valence-electron chi connectivity index (χ0n) is 8.00. The number of hydrogen-bond donors (Lipinski definition) is 2. The molecule has 1 unspecified atom stereocenters. The average Bonchev–Trinajstić information content (AvgIpc) is 2.20. The van der Waals surface area contributed by atoms with Crippen molar-refractivity contribution in [3.63, 3.8) is 0 Å². The molecule has 0 aromatic heterocycles. The Morgan fingerprint density at radius 2 is 2.00 bits per heavy atom. The number of guanidine groups is 1. The van der Waals surface area contributed by atoms with Gasteiger partial charge in [0.05, 0.1) is 6.54 Å².